The van der Waals surface area contributed by atoms with Crippen LogP contribution in [0.15, 0.2) is 0 Å². The van der Waals surface area contributed by atoms with E-state index in [1.54, 1.807) is 0 Å². The van der Waals surface area contributed by atoms with E-state index in [0.717, 1.165) is 77.0 Å². The van der Waals surface area contributed by atoms with E-state index in [2.05, 4.69) is 20.8 Å². The molecule has 0 aliphatic carbocycles. The van der Waals surface area contributed by atoms with Gasteiger partial charge in [-0.1, -0.05) is 161 Å². The quantitative estimate of drug-likeness (QED) is 0.0544. The van der Waals surface area contributed by atoms with E-state index in [1.165, 1.54) is 57.8 Å². The summed E-state index contributed by atoms with van der Waals surface area (Å²) in [7, 11) is 0. The van der Waals surface area contributed by atoms with E-state index in [-0.39, 0.29) is 17.7 Å². The van der Waals surface area contributed by atoms with Gasteiger partial charge in [0.25, 0.3) is 0 Å². The normalized spacial score (nSPS) is 14.5. The van der Waals surface area contributed by atoms with Crippen LogP contribution < -0.4 is 0 Å². The van der Waals surface area contributed by atoms with E-state index in [1.807, 2.05) is 0 Å². The monoisotopic (exact) mass is 598 g/mol. The Labute approximate surface area is 258 Å². The van der Waals surface area contributed by atoms with Crippen LogP contribution in [0, 0.1) is 0 Å². The number of aliphatic hydroxyl groups excluding tert-OH is 2. The molecule has 41 heavy (non-hydrogen) atoms. The SMILES string of the molecule is CCCCCCCCCCCCCCCC(=S)C(O)(C(=O)CCCCCCC)C(O)C(O)C(=O)CCCCCCC. The molecule has 242 valence electrons. The van der Waals surface area contributed by atoms with Crippen LogP contribution in [0.4, 0.5) is 0 Å². The van der Waals surface area contributed by atoms with E-state index < -0.39 is 29.4 Å². The lowest BCUT2D eigenvalue weighted by atomic mass is 9.80. The first-order chi connectivity index (χ1) is 19.8. The molecule has 0 aliphatic heterocycles. The number of thiocarbonyl (C=S) groups is 1. The predicted octanol–water partition coefficient (Wildman–Crippen LogP) is 9.15. The van der Waals surface area contributed by atoms with E-state index in [0.29, 0.717) is 19.3 Å². The van der Waals surface area contributed by atoms with Gasteiger partial charge in [0.1, 0.15) is 12.2 Å². The minimum atomic E-state index is -2.37. The van der Waals surface area contributed by atoms with Crippen molar-refractivity contribution < 1.29 is 24.9 Å². The van der Waals surface area contributed by atoms with E-state index in [9.17, 15) is 24.9 Å². The van der Waals surface area contributed by atoms with Crippen molar-refractivity contribution in [3.8, 4) is 0 Å². The summed E-state index contributed by atoms with van der Waals surface area (Å²) in [6.07, 6.45) is 21.9. The van der Waals surface area contributed by atoms with Crippen LogP contribution in [0.25, 0.3) is 0 Å². The van der Waals surface area contributed by atoms with Gasteiger partial charge < -0.3 is 15.3 Å². The van der Waals surface area contributed by atoms with Gasteiger partial charge in [-0.15, -0.1) is 0 Å². The van der Waals surface area contributed by atoms with Crippen LogP contribution in [-0.2, 0) is 9.59 Å². The third kappa shape index (κ3) is 18.6. The average Bonchev–Trinajstić information content (AvgIpc) is 2.97. The summed E-state index contributed by atoms with van der Waals surface area (Å²) < 4.78 is 0. The zero-order chi connectivity index (χ0) is 30.8. The number of aliphatic hydroxyl groups is 3. The number of carbonyl (C=O) groups is 2. The zero-order valence-electron chi connectivity index (χ0n) is 27.1. The summed E-state index contributed by atoms with van der Waals surface area (Å²) in [5, 5.41) is 33.2. The minimum absolute atomic E-state index is 0.0569. The first-order valence-electron chi connectivity index (χ1n) is 17.4. The molecule has 0 fully saturated rings. The molecule has 0 bridgehead atoms. The highest BCUT2D eigenvalue weighted by Gasteiger charge is 2.50. The second-order valence-electron chi connectivity index (χ2n) is 12.3. The fourth-order valence-corrected chi connectivity index (χ4v) is 5.89. The molecule has 0 amide bonds. The number of rotatable bonds is 31. The molecular weight excluding hydrogens is 532 g/mol. The topological polar surface area (TPSA) is 94.8 Å². The second-order valence-corrected chi connectivity index (χ2v) is 12.8. The zero-order valence-corrected chi connectivity index (χ0v) is 27.9. The van der Waals surface area contributed by atoms with Crippen molar-refractivity contribution >= 4 is 28.6 Å². The standard InChI is InChI=1S/C35H66O5S/c1-4-7-10-13-14-15-16-17-18-19-20-23-26-29-32(41)35(40,31(37)28-25-22-12-9-6-3)34(39)33(38)30(36)27-24-21-11-8-5-2/h33-34,38-40H,4-29H2,1-3H3. The van der Waals surface area contributed by atoms with Gasteiger partial charge in [0.15, 0.2) is 17.2 Å². The van der Waals surface area contributed by atoms with Crippen molar-refractivity contribution in [2.75, 3.05) is 0 Å². The summed E-state index contributed by atoms with van der Waals surface area (Å²) in [5.41, 5.74) is -2.37. The Morgan fingerprint density at radius 3 is 1.24 bits per heavy atom. The first kappa shape index (κ1) is 40.3. The van der Waals surface area contributed by atoms with E-state index in [4.69, 9.17) is 12.2 Å². The third-order valence-electron chi connectivity index (χ3n) is 8.45. The van der Waals surface area contributed by atoms with Crippen molar-refractivity contribution in [1.29, 1.82) is 0 Å². The summed E-state index contributed by atoms with van der Waals surface area (Å²) in [6, 6.07) is 0. The van der Waals surface area contributed by atoms with Crippen molar-refractivity contribution in [3.63, 3.8) is 0 Å². The molecule has 0 radical (unpaired) electrons. The lowest BCUT2D eigenvalue weighted by Gasteiger charge is -2.34. The number of hydrogen-bond donors (Lipinski definition) is 3. The number of hydrogen-bond acceptors (Lipinski definition) is 6. The molecule has 0 aromatic rings. The molecule has 0 aromatic carbocycles. The van der Waals surface area contributed by atoms with Gasteiger partial charge in [-0.25, -0.2) is 0 Å². The Kier molecular flexibility index (Phi) is 26.4. The molecule has 3 atom stereocenters. The van der Waals surface area contributed by atoms with Crippen molar-refractivity contribution in [3.05, 3.63) is 0 Å². The Morgan fingerprint density at radius 2 is 0.854 bits per heavy atom. The minimum Gasteiger partial charge on any atom is -0.386 e. The highest BCUT2D eigenvalue weighted by Crippen LogP contribution is 2.26. The Bertz CT molecular complexity index is 667. The molecule has 0 spiro atoms. The van der Waals surface area contributed by atoms with E-state index >= 15 is 0 Å². The van der Waals surface area contributed by atoms with Crippen molar-refractivity contribution in [2.45, 2.75) is 206 Å². The maximum atomic E-state index is 13.3. The maximum Gasteiger partial charge on any atom is 0.183 e. The average molecular weight is 599 g/mol. The van der Waals surface area contributed by atoms with Crippen LogP contribution in [0.3, 0.4) is 0 Å². The lowest BCUT2D eigenvalue weighted by Crippen LogP contribution is -2.60. The van der Waals surface area contributed by atoms with Gasteiger partial charge in [-0.05, 0) is 25.7 Å². The van der Waals surface area contributed by atoms with Crippen LogP contribution in [0.1, 0.15) is 188 Å². The van der Waals surface area contributed by atoms with Gasteiger partial charge >= 0.3 is 0 Å². The highest BCUT2D eigenvalue weighted by molar-refractivity contribution is 7.80. The predicted molar refractivity (Wildman–Crippen MR) is 177 cm³/mol. The Balaban J connectivity index is 4.78. The summed E-state index contributed by atoms with van der Waals surface area (Å²) in [6.45, 7) is 6.49. The lowest BCUT2D eigenvalue weighted by molar-refractivity contribution is -0.154. The summed E-state index contributed by atoms with van der Waals surface area (Å²) >= 11 is 5.54. The molecule has 0 rings (SSSR count). The molecule has 3 N–H and O–H groups in total. The van der Waals surface area contributed by atoms with Gasteiger partial charge in [0.2, 0.25) is 0 Å². The fourth-order valence-electron chi connectivity index (χ4n) is 5.51. The second kappa shape index (κ2) is 26.9. The van der Waals surface area contributed by atoms with Gasteiger partial charge in [0.05, 0.1) is 0 Å². The third-order valence-corrected chi connectivity index (χ3v) is 8.96. The Morgan fingerprint density at radius 1 is 0.537 bits per heavy atom. The number of ketones is 2. The number of unbranched alkanes of at least 4 members (excludes halogenated alkanes) is 20. The van der Waals surface area contributed by atoms with Crippen LogP contribution in [-0.4, -0.2) is 49.6 Å². The Hall–Kier alpha value is -0.690. The fraction of sp³-hybridized carbons (Fsp3) is 0.914. The molecule has 0 heterocycles. The molecule has 5 nitrogen and oxygen atoms in total. The maximum absolute atomic E-state index is 13.3. The smallest absolute Gasteiger partial charge is 0.183 e. The van der Waals surface area contributed by atoms with Crippen LogP contribution in [0.2, 0.25) is 0 Å². The van der Waals surface area contributed by atoms with Crippen molar-refractivity contribution in [2.24, 2.45) is 0 Å². The molecule has 6 heteroatoms. The number of Topliss-reactive ketones (excluding diaryl/α,β-unsaturated/α-hetero) is 2. The molecule has 0 aliphatic rings. The molecule has 0 saturated heterocycles. The summed E-state index contributed by atoms with van der Waals surface area (Å²) in [5.74, 6) is -1.11. The molecule has 3 unspecified atom stereocenters. The van der Waals surface area contributed by atoms with Gasteiger partial charge in [0, 0.05) is 17.7 Å². The first-order valence-corrected chi connectivity index (χ1v) is 17.9. The van der Waals surface area contributed by atoms with Crippen LogP contribution >= 0.6 is 12.2 Å². The van der Waals surface area contributed by atoms with Gasteiger partial charge in [-0.3, -0.25) is 9.59 Å². The molecule has 0 saturated carbocycles. The van der Waals surface area contributed by atoms with Gasteiger partial charge in [-0.2, -0.15) is 0 Å². The highest BCUT2D eigenvalue weighted by atomic mass is 32.1. The summed E-state index contributed by atoms with van der Waals surface area (Å²) in [4.78, 5) is 26.0. The molecule has 0 aromatic heterocycles. The van der Waals surface area contributed by atoms with Crippen LogP contribution in [0.5, 0.6) is 0 Å². The molecular formula is C35H66O5S. The van der Waals surface area contributed by atoms with Crippen molar-refractivity contribution in [1.82, 2.24) is 0 Å². The largest absolute Gasteiger partial charge is 0.386 e. The number of carbonyl (C=O) groups excluding carboxylic acids is 2.